The zero-order valence-electron chi connectivity index (χ0n) is 8.32. The summed E-state index contributed by atoms with van der Waals surface area (Å²) in [6, 6.07) is -0.127. The van der Waals surface area contributed by atoms with Gasteiger partial charge in [0, 0.05) is 13.0 Å². The summed E-state index contributed by atoms with van der Waals surface area (Å²) in [7, 11) is 0. The lowest BCUT2D eigenvalue weighted by Crippen LogP contribution is -2.45. The first-order chi connectivity index (χ1) is 6.57. The molecule has 0 saturated carbocycles. The summed E-state index contributed by atoms with van der Waals surface area (Å²) in [4.78, 5) is 24.3. The number of ketones is 1. The minimum atomic E-state index is -0.610. The molecule has 14 heavy (non-hydrogen) atoms. The van der Waals surface area contributed by atoms with Crippen molar-refractivity contribution in [3.05, 3.63) is 12.2 Å². The Morgan fingerprint density at radius 3 is 3.00 bits per heavy atom. The van der Waals surface area contributed by atoms with Gasteiger partial charge in [-0.3, -0.25) is 4.79 Å². The molecule has 2 atom stereocenters. The number of nitrogens with zero attached hydrogens (tertiary/aromatic N) is 1. The van der Waals surface area contributed by atoms with Gasteiger partial charge in [-0.2, -0.15) is 0 Å². The van der Waals surface area contributed by atoms with E-state index in [0.717, 1.165) is 0 Å². The standard InChI is InChI=1S/C10H13NO3/c1-3-11-8-6-7(12)4-5-10(8,2)14-9(11)13/h4-5,8H,3,6H2,1-2H3/t8-,10+/m0/s1. The van der Waals surface area contributed by atoms with Crippen molar-refractivity contribution in [2.75, 3.05) is 6.54 Å². The largest absolute Gasteiger partial charge is 0.437 e. The molecule has 0 aromatic heterocycles. The van der Waals surface area contributed by atoms with Gasteiger partial charge in [-0.15, -0.1) is 0 Å². The summed E-state index contributed by atoms with van der Waals surface area (Å²) < 4.78 is 5.25. The van der Waals surface area contributed by atoms with Crippen LogP contribution >= 0.6 is 0 Å². The van der Waals surface area contributed by atoms with Crippen molar-refractivity contribution >= 4 is 11.9 Å². The number of allylic oxidation sites excluding steroid dienone is 1. The molecule has 1 saturated heterocycles. The minimum absolute atomic E-state index is 0.0595. The average Bonchev–Trinajstić information content (AvgIpc) is 2.36. The molecule has 1 aliphatic heterocycles. The van der Waals surface area contributed by atoms with Gasteiger partial charge in [0.25, 0.3) is 0 Å². The van der Waals surface area contributed by atoms with Crippen molar-refractivity contribution in [1.29, 1.82) is 0 Å². The Labute approximate surface area is 82.5 Å². The fourth-order valence-electron chi connectivity index (χ4n) is 2.08. The van der Waals surface area contributed by atoms with Crippen molar-refractivity contribution in [2.45, 2.75) is 31.9 Å². The second-order valence-corrected chi connectivity index (χ2v) is 3.86. The van der Waals surface area contributed by atoms with E-state index in [1.807, 2.05) is 13.8 Å². The summed E-state index contributed by atoms with van der Waals surface area (Å²) >= 11 is 0. The second kappa shape index (κ2) is 2.83. The van der Waals surface area contributed by atoms with E-state index in [9.17, 15) is 9.59 Å². The SMILES string of the molecule is CCN1C(=O)O[C@]2(C)C=CC(=O)C[C@H]12. The van der Waals surface area contributed by atoms with Crippen LogP contribution in [0.15, 0.2) is 12.2 Å². The Balaban J connectivity index is 2.35. The number of likely N-dealkylation sites (N-methyl/N-ethyl adjacent to an activating group) is 1. The summed E-state index contributed by atoms with van der Waals surface area (Å²) in [6.45, 7) is 4.31. The molecule has 0 N–H and O–H groups in total. The quantitative estimate of drug-likeness (QED) is 0.629. The summed E-state index contributed by atoms with van der Waals surface area (Å²) in [5.41, 5.74) is -0.610. The normalized spacial score (nSPS) is 35.9. The van der Waals surface area contributed by atoms with Gasteiger partial charge in [-0.25, -0.2) is 4.79 Å². The first-order valence-electron chi connectivity index (χ1n) is 4.78. The Kier molecular flexibility index (Phi) is 1.87. The van der Waals surface area contributed by atoms with Gasteiger partial charge in [-0.1, -0.05) is 0 Å². The lowest BCUT2D eigenvalue weighted by atomic mass is 9.87. The zero-order chi connectivity index (χ0) is 10.3. The van der Waals surface area contributed by atoms with Gasteiger partial charge < -0.3 is 9.64 Å². The number of ether oxygens (including phenoxy) is 1. The van der Waals surface area contributed by atoms with Crippen molar-refractivity contribution in [2.24, 2.45) is 0 Å². The van der Waals surface area contributed by atoms with E-state index in [2.05, 4.69) is 0 Å². The van der Waals surface area contributed by atoms with Crippen molar-refractivity contribution < 1.29 is 14.3 Å². The Morgan fingerprint density at radius 2 is 2.36 bits per heavy atom. The molecule has 1 amide bonds. The number of carbonyl (C=O) groups excluding carboxylic acids is 2. The second-order valence-electron chi connectivity index (χ2n) is 3.86. The fraction of sp³-hybridized carbons (Fsp3) is 0.600. The zero-order valence-corrected chi connectivity index (χ0v) is 8.32. The van der Waals surface area contributed by atoms with Crippen LogP contribution in [-0.4, -0.2) is 35.0 Å². The maximum atomic E-state index is 11.4. The molecule has 2 rings (SSSR count). The number of fused-ring (bicyclic) bond motifs is 1. The minimum Gasteiger partial charge on any atom is -0.437 e. The van der Waals surface area contributed by atoms with E-state index in [1.165, 1.54) is 6.08 Å². The smallest absolute Gasteiger partial charge is 0.411 e. The summed E-state index contributed by atoms with van der Waals surface area (Å²) in [5.74, 6) is 0.0595. The van der Waals surface area contributed by atoms with Crippen LogP contribution < -0.4 is 0 Å². The molecule has 0 radical (unpaired) electrons. The van der Waals surface area contributed by atoms with Gasteiger partial charge >= 0.3 is 6.09 Å². The maximum Gasteiger partial charge on any atom is 0.411 e. The molecule has 1 heterocycles. The molecule has 0 spiro atoms. The number of rotatable bonds is 1. The summed E-state index contributed by atoms with van der Waals surface area (Å²) in [6.07, 6.45) is 3.24. The van der Waals surface area contributed by atoms with Crippen molar-refractivity contribution in [1.82, 2.24) is 4.90 Å². The predicted molar refractivity (Wildman–Crippen MR) is 49.8 cm³/mol. The highest BCUT2D eigenvalue weighted by molar-refractivity contribution is 5.93. The predicted octanol–water partition coefficient (Wildman–Crippen LogP) is 1.11. The molecule has 0 aromatic rings. The molecule has 0 aromatic carbocycles. The molecular formula is C10H13NO3. The van der Waals surface area contributed by atoms with Crippen molar-refractivity contribution in [3.63, 3.8) is 0 Å². The van der Waals surface area contributed by atoms with Crippen LogP contribution in [0, 0.1) is 0 Å². The first kappa shape index (κ1) is 9.24. The number of amides is 1. The molecule has 0 unspecified atom stereocenters. The molecule has 1 aliphatic carbocycles. The Bertz CT molecular complexity index is 323. The highest BCUT2D eigenvalue weighted by atomic mass is 16.6. The lowest BCUT2D eigenvalue weighted by molar-refractivity contribution is -0.116. The van der Waals surface area contributed by atoms with Crippen LogP contribution in [0.1, 0.15) is 20.3 Å². The van der Waals surface area contributed by atoms with Crippen LogP contribution in [0.5, 0.6) is 0 Å². The first-order valence-corrected chi connectivity index (χ1v) is 4.78. The Hall–Kier alpha value is -1.32. The third kappa shape index (κ3) is 1.14. The molecule has 4 nitrogen and oxygen atoms in total. The van der Waals surface area contributed by atoms with Gasteiger partial charge in [0.2, 0.25) is 0 Å². The van der Waals surface area contributed by atoms with Gasteiger partial charge in [0.1, 0.15) is 0 Å². The maximum absolute atomic E-state index is 11.4. The lowest BCUT2D eigenvalue weighted by Gasteiger charge is -2.30. The highest BCUT2D eigenvalue weighted by Gasteiger charge is 2.50. The van der Waals surface area contributed by atoms with E-state index < -0.39 is 5.60 Å². The van der Waals surface area contributed by atoms with Crippen LogP contribution in [0.4, 0.5) is 4.79 Å². The van der Waals surface area contributed by atoms with Gasteiger partial charge in [-0.05, 0) is 26.0 Å². The molecule has 2 aliphatic rings. The summed E-state index contributed by atoms with van der Waals surface area (Å²) in [5, 5.41) is 0. The highest BCUT2D eigenvalue weighted by Crippen LogP contribution is 2.35. The average molecular weight is 195 g/mol. The molecule has 1 fully saturated rings. The fourth-order valence-corrected chi connectivity index (χ4v) is 2.08. The molecule has 4 heteroatoms. The third-order valence-electron chi connectivity index (χ3n) is 2.91. The van der Waals surface area contributed by atoms with E-state index in [0.29, 0.717) is 13.0 Å². The van der Waals surface area contributed by atoms with E-state index in [1.54, 1.807) is 11.0 Å². The Morgan fingerprint density at radius 1 is 1.64 bits per heavy atom. The number of carbonyl (C=O) groups is 2. The van der Waals surface area contributed by atoms with Crippen LogP contribution in [0.2, 0.25) is 0 Å². The van der Waals surface area contributed by atoms with Crippen molar-refractivity contribution in [3.8, 4) is 0 Å². The van der Waals surface area contributed by atoms with Gasteiger partial charge in [0.15, 0.2) is 11.4 Å². The third-order valence-corrected chi connectivity index (χ3v) is 2.91. The number of hydrogen-bond acceptors (Lipinski definition) is 3. The van der Waals surface area contributed by atoms with E-state index >= 15 is 0 Å². The van der Waals surface area contributed by atoms with Crippen LogP contribution in [-0.2, 0) is 9.53 Å². The molecular weight excluding hydrogens is 182 g/mol. The monoisotopic (exact) mass is 195 g/mol. The van der Waals surface area contributed by atoms with E-state index in [-0.39, 0.29) is 17.9 Å². The molecule has 76 valence electrons. The van der Waals surface area contributed by atoms with Crippen LogP contribution in [0.3, 0.4) is 0 Å². The van der Waals surface area contributed by atoms with Crippen LogP contribution in [0.25, 0.3) is 0 Å². The van der Waals surface area contributed by atoms with Gasteiger partial charge in [0.05, 0.1) is 6.04 Å². The number of hydrogen-bond donors (Lipinski definition) is 0. The van der Waals surface area contributed by atoms with E-state index in [4.69, 9.17) is 4.74 Å². The molecule has 0 bridgehead atoms. The topological polar surface area (TPSA) is 46.6 Å².